The summed E-state index contributed by atoms with van der Waals surface area (Å²) >= 11 is 3.39. The van der Waals surface area contributed by atoms with Gasteiger partial charge in [-0.3, -0.25) is 9.59 Å². The Bertz CT molecular complexity index is 3660. The van der Waals surface area contributed by atoms with Crippen LogP contribution in [-0.4, -0.2) is 138 Å². The zero-order chi connectivity index (χ0) is 62.9. The number of amides is 1. The molecule has 0 bridgehead atoms. The molecule has 2 aliphatic heterocycles. The van der Waals surface area contributed by atoms with E-state index < -0.39 is 29.6 Å². The Hall–Kier alpha value is -9.11. The number of para-hydroxylation sites is 2. The monoisotopic (exact) mass is 1240 g/mol. The SMILES string of the molecule is Cc1sc(N2CCN(C(=O)OC(C)(C)C)CC2)nc1CCOc1ccc(C[C@H](Nc2ccccc2C(=O)c2ccccc2)C(=O)O)cc1.Cc1sc(N2CCNCC2)nc1CCOc1ccc(C[C@H](Nc2ccccc2C(=O)c2ccccc2)C(=O)O)cc1. The molecule has 0 spiro atoms. The number of carbonyl (C=O) groups is 5. The predicted molar refractivity (Wildman–Crippen MR) is 350 cm³/mol. The van der Waals surface area contributed by atoms with Gasteiger partial charge in [-0.25, -0.2) is 24.4 Å². The van der Waals surface area contributed by atoms with Crippen LogP contribution in [0.5, 0.6) is 11.5 Å². The van der Waals surface area contributed by atoms with Crippen LogP contribution >= 0.6 is 22.7 Å². The number of ether oxygens (including phenoxy) is 3. The normalized spacial score (nSPS) is 13.9. The van der Waals surface area contributed by atoms with Gasteiger partial charge in [0, 0.05) is 121 Å². The lowest BCUT2D eigenvalue weighted by Gasteiger charge is -2.35. The van der Waals surface area contributed by atoms with Crippen molar-refractivity contribution in [3.63, 3.8) is 0 Å². The lowest BCUT2D eigenvalue weighted by molar-refractivity contribution is -0.138. The van der Waals surface area contributed by atoms with Crippen molar-refractivity contribution in [1.29, 1.82) is 0 Å². The van der Waals surface area contributed by atoms with Crippen LogP contribution in [0.15, 0.2) is 158 Å². The lowest BCUT2D eigenvalue weighted by Crippen LogP contribution is -2.50. The number of nitrogens with one attached hydrogen (secondary N) is 3. The average molecular weight is 1240 g/mol. The zero-order valence-corrected chi connectivity index (χ0v) is 52.4. The van der Waals surface area contributed by atoms with Gasteiger partial charge in [0.25, 0.3) is 0 Å². The summed E-state index contributed by atoms with van der Waals surface area (Å²) in [5, 5.41) is 31.5. The molecule has 20 heteroatoms. The first-order valence-corrected chi connectivity index (χ1v) is 31.5. The molecule has 0 unspecified atom stereocenters. The Balaban J connectivity index is 0.000000214. The molecule has 4 heterocycles. The minimum atomic E-state index is -1.01. The van der Waals surface area contributed by atoms with Crippen LogP contribution in [0.2, 0.25) is 0 Å². The van der Waals surface area contributed by atoms with E-state index in [-0.39, 0.29) is 30.5 Å². The molecule has 6 aromatic carbocycles. The average Bonchev–Trinajstić information content (AvgIpc) is 4.32. The maximum atomic E-state index is 13.1. The second kappa shape index (κ2) is 30.7. The van der Waals surface area contributed by atoms with Gasteiger partial charge in [-0.1, -0.05) is 109 Å². The minimum absolute atomic E-state index is 0.160. The van der Waals surface area contributed by atoms with E-state index >= 15 is 0 Å². The summed E-state index contributed by atoms with van der Waals surface area (Å²) < 4.78 is 17.5. The van der Waals surface area contributed by atoms with Gasteiger partial charge in [-0.2, -0.15) is 0 Å². The molecule has 8 aromatic rings. The highest BCUT2D eigenvalue weighted by Crippen LogP contribution is 2.30. The summed E-state index contributed by atoms with van der Waals surface area (Å²) in [6, 6.07) is 44.9. The van der Waals surface area contributed by atoms with Crippen LogP contribution in [0.4, 0.5) is 26.4 Å². The molecule has 464 valence electrons. The number of carbonyl (C=O) groups excluding carboxylic acids is 3. The molecule has 10 rings (SSSR count). The fourth-order valence-electron chi connectivity index (χ4n) is 10.1. The number of piperazine rings is 2. The molecule has 2 aliphatic rings. The number of carboxylic acids is 2. The fraction of sp³-hybridized carbons (Fsp3) is 0.319. The van der Waals surface area contributed by atoms with Gasteiger partial charge in [0.1, 0.15) is 29.2 Å². The van der Waals surface area contributed by atoms with Crippen molar-refractivity contribution in [3.8, 4) is 11.5 Å². The van der Waals surface area contributed by atoms with Crippen LogP contribution < -0.4 is 35.2 Å². The van der Waals surface area contributed by atoms with Crippen LogP contribution in [0.1, 0.15) is 84.9 Å². The molecule has 0 saturated carbocycles. The fourth-order valence-corrected chi connectivity index (χ4v) is 12.2. The molecule has 2 aromatic heterocycles. The van der Waals surface area contributed by atoms with Crippen LogP contribution in [-0.2, 0) is 40.0 Å². The standard InChI is InChI=1S/C37H42N4O6S.C32H34N4O4S/c1-25-30(39-35(48-25)40-19-21-41(22-20-40)36(45)47-37(2,3)4)18-23-46-28-16-14-26(15-17-28)24-32(34(43)44)38-31-13-9-8-12-29(31)33(42)27-10-6-5-7-11-27;1-22-27(35-32(41-22)36-18-16-33-17-19-36)15-20-40-25-13-11-23(12-14-25)21-29(31(38)39)34-28-10-6-5-9-26(28)30(37)24-7-3-2-4-8-24/h5-17,32,38H,18-24H2,1-4H3,(H,43,44);2-14,29,33-34H,15-21H2,1H3,(H,38,39)/t32-;29-/m00/s1. The maximum Gasteiger partial charge on any atom is 0.410 e. The van der Waals surface area contributed by atoms with Gasteiger partial charge >= 0.3 is 18.0 Å². The summed E-state index contributed by atoms with van der Waals surface area (Å²) in [5.41, 5.74) is 6.12. The third kappa shape index (κ3) is 18.2. The van der Waals surface area contributed by atoms with E-state index in [1.54, 1.807) is 125 Å². The minimum Gasteiger partial charge on any atom is -0.493 e. The molecular formula is C69H76N8O10S2. The number of aromatic nitrogens is 2. The molecule has 0 aliphatic carbocycles. The van der Waals surface area contributed by atoms with Gasteiger partial charge in [-0.05, 0) is 94.3 Å². The molecule has 0 radical (unpaired) electrons. The second-order valence-corrected chi connectivity index (χ2v) is 25.0. The van der Waals surface area contributed by atoms with E-state index in [9.17, 15) is 34.2 Å². The predicted octanol–water partition coefficient (Wildman–Crippen LogP) is 11.3. The molecule has 89 heavy (non-hydrogen) atoms. The number of hydrogen-bond acceptors (Lipinski definition) is 17. The number of thiazole rings is 2. The molecule has 2 saturated heterocycles. The van der Waals surface area contributed by atoms with E-state index in [0.29, 0.717) is 85.2 Å². The third-order valence-corrected chi connectivity index (χ3v) is 17.1. The van der Waals surface area contributed by atoms with Crippen molar-refractivity contribution in [2.45, 2.75) is 78.0 Å². The van der Waals surface area contributed by atoms with Gasteiger partial charge < -0.3 is 55.1 Å². The van der Waals surface area contributed by atoms with Gasteiger partial charge in [0.05, 0.1) is 24.6 Å². The third-order valence-electron chi connectivity index (χ3n) is 15.0. The number of nitrogens with zero attached hydrogens (tertiary/aromatic N) is 5. The number of anilines is 4. The summed E-state index contributed by atoms with van der Waals surface area (Å²) in [7, 11) is 0. The maximum absolute atomic E-state index is 13.1. The lowest BCUT2D eigenvalue weighted by atomic mass is 10.00. The highest BCUT2D eigenvalue weighted by molar-refractivity contribution is 7.16. The summed E-state index contributed by atoms with van der Waals surface area (Å²) in [4.78, 5) is 81.3. The number of aliphatic carboxylic acids is 2. The van der Waals surface area contributed by atoms with Crippen molar-refractivity contribution in [2.75, 3.05) is 86.0 Å². The number of carboxylic acid groups (broad SMARTS) is 2. The Morgan fingerprint density at radius 2 is 0.933 bits per heavy atom. The molecule has 18 nitrogen and oxygen atoms in total. The first kappa shape index (κ1) is 64.4. The number of benzene rings is 6. The van der Waals surface area contributed by atoms with E-state index in [1.165, 1.54) is 4.88 Å². The molecular weight excluding hydrogens is 1160 g/mol. The number of hydrogen-bond donors (Lipinski definition) is 5. The van der Waals surface area contributed by atoms with Gasteiger partial charge in [0.2, 0.25) is 0 Å². The first-order valence-electron chi connectivity index (χ1n) is 29.9. The van der Waals surface area contributed by atoms with Crippen molar-refractivity contribution in [1.82, 2.24) is 20.2 Å². The van der Waals surface area contributed by atoms with E-state index in [1.807, 2.05) is 81.4 Å². The summed E-state index contributed by atoms with van der Waals surface area (Å²) in [5.74, 6) is -0.934. The number of aryl methyl sites for hydroxylation is 2. The van der Waals surface area contributed by atoms with Crippen LogP contribution in [0.3, 0.4) is 0 Å². The second-order valence-electron chi connectivity index (χ2n) is 22.6. The first-order chi connectivity index (χ1) is 42.9. The Morgan fingerprint density at radius 3 is 1.34 bits per heavy atom. The van der Waals surface area contributed by atoms with E-state index in [2.05, 4.69) is 39.6 Å². The van der Waals surface area contributed by atoms with E-state index in [4.69, 9.17) is 24.2 Å². The summed E-state index contributed by atoms with van der Waals surface area (Å²) in [6.07, 6.45) is 1.56. The van der Waals surface area contributed by atoms with Crippen molar-refractivity contribution in [2.24, 2.45) is 0 Å². The van der Waals surface area contributed by atoms with Crippen molar-refractivity contribution in [3.05, 3.63) is 212 Å². The van der Waals surface area contributed by atoms with Crippen molar-refractivity contribution >= 4 is 73.9 Å². The topological polar surface area (TPSA) is 225 Å². The Kier molecular flexibility index (Phi) is 22.2. The molecule has 1 amide bonds. The number of rotatable bonds is 24. The van der Waals surface area contributed by atoms with Crippen LogP contribution in [0, 0.1) is 13.8 Å². The smallest absolute Gasteiger partial charge is 0.410 e. The van der Waals surface area contributed by atoms with Gasteiger partial charge in [-0.15, -0.1) is 22.7 Å². The molecule has 2 atom stereocenters. The Labute approximate surface area is 527 Å². The summed E-state index contributed by atoms with van der Waals surface area (Å²) in [6.45, 7) is 17.2. The highest BCUT2D eigenvalue weighted by atomic mass is 32.1. The van der Waals surface area contributed by atoms with Gasteiger partial charge in [0.15, 0.2) is 21.8 Å². The largest absolute Gasteiger partial charge is 0.493 e. The molecule has 5 N–H and O–H groups in total. The van der Waals surface area contributed by atoms with E-state index in [0.717, 1.165) is 76.0 Å². The highest BCUT2D eigenvalue weighted by Gasteiger charge is 2.28. The van der Waals surface area contributed by atoms with Crippen LogP contribution in [0.25, 0.3) is 0 Å². The molecule has 2 fully saturated rings. The quantitative estimate of drug-likeness (QED) is 0.0355. The number of ketones is 2. The Morgan fingerprint density at radius 1 is 0.539 bits per heavy atom. The van der Waals surface area contributed by atoms with Crippen molar-refractivity contribution < 1.29 is 48.4 Å². The zero-order valence-electron chi connectivity index (χ0n) is 50.8.